The highest BCUT2D eigenvalue weighted by molar-refractivity contribution is 9.10. The van der Waals surface area contributed by atoms with Crippen molar-refractivity contribution in [1.82, 2.24) is 0 Å². The lowest BCUT2D eigenvalue weighted by Gasteiger charge is -2.25. The van der Waals surface area contributed by atoms with Crippen LogP contribution < -0.4 is 4.74 Å². The van der Waals surface area contributed by atoms with Crippen molar-refractivity contribution < 1.29 is 14.6 Å². The molecule has 0 radical (unpaired) electrons. The second-order valence-corrected chi connectivity index (χ2v) is 5.97. The van der Waals surface area contributed by atoms with Gasteiger partial charge in [-0.25, -0.2) is 0 Å². The number of carboxylic acid groups (broad SMARTS) is 1. The number of hydrogen-bond donors (Lipinski definition) is 1. The summed E-state index contributed by atoms with van der Waals surface area (Å²) in [4.78, 5) is 10.5. The first kappa shape index (κ1) is 14.4. The van der Waals surface area contributed by atoms with E-state index < -0.39 is 5.97 Å². The van der Waals surface area contributed by atoms with E-state index >= 15 is 0 Å². The molecule has 2 rings (SSSR count). The quantitative estimate of drug-likeness (QED) is 0.822. The Morgan fingerprint density at radius 2 is 2.21 bits per heavy atom. The third-order valence-electron chi connectivity index (χ3n) is 3.55. The molecule has 1 fully saturated rings. The lowest BCUT2D eigenvalue weighted by molar-refractivity contribution is -0.137. The summed E-state index contributed by atoms with van der Waals surface area (Å²) in [7, 11) is 0. The Balaban J connectivity index is 1.83. The van der Waals surface area contributed by atoms with Gasteiger partial charge in [0.05, 0.1) is 11.1 Å². The summed E-state index contributed by atoms with van der Waals surface area (Å²) in [6.45, 7) is 0.803. The Morgan fingerprint density at radius 3 is 2.79 bits per heavy atom. The van der Waals surface area contributed by atoms with Gasteiger partial charge >= 0.3 is 5.97 Å². The second kappa shape index (κ2) is 6.94. The Kier molecular flexibility index (Phi) is 5.25. The van der Waals surface area contributed by atoms with Gasteiger partial charge in [-0.1, -0.05) is 12.5 Å². The van der Waals surface area contributed by atoms with Gasteiger partial charge in [0.1, 0.15) is 5.75 Å². The number of carbonyl (C=O) groups is 1. The van der Waals surface area contributed by atoms with E-state index in [1.165, 1.54) is 19.3 Å². The van der Waals surface area contributed by atoms with Crippen LogP contribution in [0.15, 0.2) is 22.7 Å². The number of carboxylic acids is 1. The molecule has 0 saturated heterocycles. The van der Waals surface area contributed by atoms with Crippen LogP contribution in [0.25, 0.3) is 0 Å². The molecule has 0 atom stereocenters. The highest BCUT2D eigenvalue weighted by atomic mass is 79.9. The maximum atomic E-state index is 10.5. The van der Waals surface area contributed by atoms with Gasteiger partial charge in [-0.2, -0.15) is 0 Å². The molecule has 0 aliphatic heterocycles. The molecule has 1 aliphatic rings. The summed E-state index contributed by atoms with van der Waals surface area (Å²) in [6, 6.07) is 6.01. The molecule has 3 nitrogen and oxygen atoms in total. The van der Waals surface area contributed by atoms with Crippen LogP contribution in [-0.2, 0) is 11.2 Å². The largest absolute Gasteiger partial charge is 0.492 e. The molecular weight excluding hydrogens is 308 g/mol. The molecule has 1 saturated carbocycles. The van der Waals surface area contributed by atoms with E-state index in [1.807, 2.05) is 18.2 Å². The van der Waals surface area contributed by atoms with Crippen molar-refractivity contribution >= 4 is 21.9 Å². The normalized spacial score (nSPS) is 15.0. The SMILES string of the molecule is O=C(O)CCCc1ccc(OCC2CCC2)c(Br)c1. The van der Waals surface area contributed by atoms with E-state index in [4.69, 9.17) is 9.84 Å². The summed E-state index contributed by atoms with van der Waals surface area (Å²) in [6.07, 6.45) is 5.57. The number of aryl methyl sites for hydroxylation is 1. The summed E-state index contributed by atoms with van der Waals surface area (Å²) < 4.78 is 6.76. The van der Waals surface area contributed by atoms with Gasteiger partial charge in [0, 0.05) is 6.42 Å². The number of aliphatic carboxylic acids is 1. The molecule has 1 aromatic carbocycles. The van der Waals surface area contributed by atoms with Gasteiger partial charge in [-0.05, 0) is 65.2 Å². The van der Waals surface area contributed by atoms with Crippen LogP contribution in [0, 0.1) is 5.92 Å². The minimum atomic E-state index is -0.737. The Hall–Kier alpha value is -1.03. The zero-order valence-corrected chi connectivity index (χ0v) is 12.5. The van der Waals surface area contributed by atoms with Crippen molar-refractivity contribution in [3.05, 3.63) is 28.2 Å². The molecule has 0 heterocycles. The first-order chi connectivity index (χ1) is 9.15. The highest BCUT2D eigenvalue weighted by Gasteiger charge is 2.18. The van der Waals surface area contributed by atoms with Crippen LogP contribution >= 0.6 is 15.9 Å². The van der Waals surface area contributed by atoms with Gasteiger partial charge in [0.15, 0.2) is 0 Å². The fourth-order valence-corrected chi connectivity index (χ4v) is 2.67. The zero-order chi connectivity index (χ0) is 13.7. The molecule has 1 N–H and O–H groups in total. The van der Waals surface area contributed by atoms with Gasteiger partial charge in [-0.15, -0.1) is 0 Å². The van der Waals surface area contributed by atoms with Crippen LogP contribution in [0.1, 0.15) is 37.7 Å². The van der Waals surface area contributed by atoms with Crippen molar-refractivity contribution in [2.24, 2.45) is 5.92 Å². The van der Waals surface area contributed by atoms with Crippen molar-refractivity contribution in [2.45, 2.75) is 38.5 Å². The van der Waals surface area contributed by atoms with Gasteiger partial charge in [0.2, 0.25) is 0 Å². The molecule has 0 bridgehead atoms. The van der Waals surface area contributed by atoms with E-state index in [9.17, 15) is 4.79 Å². The minimum absolute atomic E-state index is 0.220. The van der Waals surface area contributed by atoms with Crippen molar-refractivity contribution in [3.8, 4) is 5.75 Å². The standard InChI is InChI=1S/C15H19BrO3/c16-13-9-11(3-2-6-15(17)18)7-8-14(13)19-10-12-4-1-5-12/h7-9,12H,1-6,10H2,(H,17,18). The topological polar surface area (TPSA) is 46.5 Å². The van der Waals surface area contributed by atoms with E-state index in [1.54, 1.807) is 0 Å². The Labute approximate surface area is 122 Å². The molecule has 4 heteroatoms. The number of ether oxygens (including phenoxy) is 1. The maximum Gasteiger partial charge on any atom is 0.303 e. The van der Waals surface area contributed by atoms with E-state index in [0.29, 0.717) is 6.42 Å². The number of hydrogen-bond acceptors (Lipinski definition) is 2. The highest BCUT2D eigenvalue weighted by Crippen LogP contribution is 2.30. The molecule has 1 aliphatic carbocycles. The summed E-state index contributed by atoms with van der Waals surface area (Å²) in [5.74, 6) is 0.871. The third-order valence-corrected chi connectivity index (χ3v) is 4.17. The Morgan fingerprint density at radius 1 is 1.42 bits per heavy atom. The van der Waals surface area contributed by atoms with Gasteiger partial charge in [0.25, 0.3) is 0 Å². The first-order valence-corrected chi connectivity index (χ1v) is 7.57. The molecule has 0 spiro atoms. The average Bonchev–Trinajstić information content (AvgIpc) is 2.29. The third kappa shape index (κ3) is 4.53. The van der Waals surface area contributed by atoms with Crippen molar-refractivity contribution in [2.75, 3.05) is 6.61 Å². The fraction of sp³-hybridized carbons (Fsp3) is 0.533. The smallest absolute Gasteiger partial charge is 0.303 e. The Bertz CT molecular complexity index is 441. The maximum absolute atomic E-state index is 10.5. The van der Waals surface area contributed by atoms with Crippen LogP contribution in [0.4, 0.5) is 0 Å². The average molecular weight is 327 g/mol. The van der Waals surface area contributed by atoms with Crippen molar-refractivity contribution in [3.63, 3.8) is 0 Å². The fourth-order valence-electron chi connectivity index (χ4n) is 2.13. The predicted octanol–water partition coefficient (Wildman–Crippen LogP) is 4.04. The zero-order valence-electron chi connectivity index (χ0n) is 10.9. The number of rotatable bonds is 7. The summed E-state index contributed by atoms with van der Waals surface area (Å²) in [5.41, 5.74) is 1.14. The monoisotopic (exact) mass is 326 g/mol. The molecule has 0 aromatic heterocycles. The second-order valence-electron chi connectivity index (χ2n) is 5.12. The van der Waals surface area contributed by atoms with Crippen LogP contribution in [-0.4, -0.2) is 17.7 Å². The lowest BCUT2D eigenvalue weighted by atomic mass is 9.86. The lowest BCUT2D eigenvalue weighted by Crippen LogP contribution is -2.19. The molecule has 104 valence electrons. The summed E-state index contributed by atoms with van der Waals surface area (Å²) >= 11 is 3.52. The van der Waals surface area contributed by atoms with E-state index in [2.05, 4.69) is 15.9 Å². The van der Waals surface area contributed by atoms with E-state index in [-0.39, 0.29) is 6.42 Å². The van der Waals surface area contributed by atoms with Crippen LogP contribution in [0.2, 0.25) is 0 Å². The molecule has 0 unspecified atom stereocenters. The van der Waals surface area contributed by atoms with Crippen LogP contribution in [0.5, 0.6) is 5.75 Å². The van der Waals surface area contributed by atoms with E-state index in [0.717, 1.165) is 34.7 Å². The van der Waals surface area contributed by atoms with Crippen molar-refractivity contribution in [1.29, 1.82) is 0 Å². The van der Waals surface area contributed by atoms with Gasteiger partial charge < -0.3 is 9.84 Å². The molecule has 19 heavy (non-hydrogen) atoms. The minimum Gasteiger partial charge on any atom is -0.492 e. The number of benzene rings is 1. The predicted molar refractivity (Wildman–Crippen MR) is 77.6 cm³/mol. The summed E-state index contributed by atoms with van der Waals surface area (Å²) in [5, 5.41) is 8.61. The number of halogens is 1. The molecule has 0 amide bonds. The molecule has 1 aromatic rings. The molecular formula is C15H19BrO3. The first-order valence-electron chi connectivity index (χ1n) is 6.78. The van der Waals surface area contributed by atoms with Crippen LogP contribution in [0.3, 0.4) is 0 Å². The van der Waals surface area contributed by atoms with Gasteiger partial charge in [-0.3, -0.25) is 4.79 Å².